The minimum atomic E-state index is -1.82. The molecule has 2 aromatic rings. The summed E-state index contributed by atoms with van der Waals surface area (Å²) in [6.07, 6.45) is 4.54. The Bertz CT molecular complexity index is 973. The molecule has 0 unspecified atom stereocenters. The van der Waals surface area contributed by atoms with E-state index in [9.17, 15) is 9.90 Å². The van der Waals surface area contributed by atoms with Crippen LogP contribution in [0.1, 0.15) is 34.3 Å². The maximum atomic E-state index is 12.8. The zero-order valence-electron chi connectivity index (χ0n) is 18.4. The van der Waals surface area contributed by atoms with Crippen LogP contribution in [0, 0.1) is 5.92 Å². The molecule has 1 fully saturated rings. The topological polar surface area (TPSA) is 137 Å². The number of ether oxygens (including phenoxy) is 1. The maximum absolute atomic E-state index is 12.8. The lowest BCUT2D eigenvalue weighted by Gasteiger charge is -2.41. The third-order valence-corrected chi connectivity index (χ3v) is 6.20. The Balaban J connectivity index is 0.000000454. The Morgan fingerprint density at radius 3 is 2.09 bits per heavy atom. The standard InChI is InChI=1S/C22H26N2O3.C2H2O4/c1-27-21-7-6-18(14-23-21)22(26)15-8-10-24(11-9-15)19-12-16-4-2-3-5-17(16)13-20(19)25;3-1(4)2(5)6/h2-7,14-15,19-20,25H,8-13H2,1H3;(H,3,4)(H,5,6)/t19-,20-;/m0./s1. The number of pyridine rings is 1. The van der Waals surface area contributed by atoms with Gasteiger partial charge in [-0.1, -0.05) is 24.3 Å². The maximum Gasteiger partial charge on any atom is 0.414 e. The van der Waals surface area contributed by atoms with Crippen molar-refractivity contribution in [3.8, 4) is 5.88 Å². The van der Waals surface area contributed by atoms with Gasteiger partial charge in [0.2, 0.25) is 5.88 Å². The zero-order chi connectivity index (χ0) is 24.0. The van der Waals surface area contributed by atoms with E-state index in [1.165, 1.54) is 11.1 Å². The van der Waals surface area contributed by atoms with E-state index in [1.54, 1.807) is 25.4 Å². The summed E-state index contributed by atoms with van der Waals surface area (Å²) in [6.45, 7) is 1.70. The summed E-state index contributed by atoms with van der Waals surface area (Å²) >= 11 is 0. The number of aliphatic carboxylic acids is 2. The molecule has 0 amide bonds. The average Bonchev–Trinajstić information content (AvgIpc) is 2.83. The van der Waals surface area contributed by atoms with Gasteiger partial charge in [-0.25, -0.2) is 14.6 Å². The van der Waals surface area contributed by atoms with Crippen LogP contribution in [0.15, 0.2) is 42.6 Å². The predicted molar refractivity (Wildman–Crippen MR) is 118 cm³/mol. The number of ketones is 1. The number of carboxylic acids is 2. The van der Waals surface area contributed by atoms with Crippen LogP contribution in [0.2, 0.25) is 0 Å². The number of methoxy groups -OCH3 is 1. The van der Waals surface area contributed by atoms with Crippen LogP contribution in [0.25, 0.3) is 0 Å². The Morgan fingerprint density at radius 1 is 0.970 bits per heavy atom. The van der Waals surface area contributed by atoms with Gasteiger partial charge in [0.05, 0.1) is 13.2 Å². The van der Waals surface area contributed by atoms with Crippen molar-refractivity contribution in [2.75, 3.05) is 20.2 Å². The fraction of sp³-hybridized carbons (Fsp3) is 0.417. The average molecular weight is 456 g/mol. The molecular weight excluding hydrogens is 428 g/mol. The van der Waals surface area contributed by atoms with E-state index in [0.29, 0.717) is 11.4 Å². The van der Waals surface area contributed by atoms with E-state index in [2.05, 4.69) is 28.1 Å². The van der Waals surface area contributed by atoms with Crippen LogP contribution in [-0.2, 0) is 22.4 Å². The minimum Gasteiger partial charge on any atom is -0.481 e. The lowest BCUT2D eigenvalue weighted by atomic mass is 9.83. The van der Waals surface area contributed by atoms with Crippen LogP contribution >= 0.6 is 0 Å². The van der Waals surface area contributed by atoms with Gasteiger partial charge in [-0.3, -0.25) is 9.69 Å². The SMILES string of the molecule is COc1ccc(C(=O)C2CCN([C@H]3Cc4ccccc4C[C@@H]3O)CC2)cn1.O=C(O)C(=O)O. The van der Waals surface area contributed by atoms with Gasteiger partial charge in [0.1, 0.15) is 0 Å². The van der Waals surface area contributed by atoms with Crippen molar-refractivity contribution < 1.29 is 34.4 Å². The van der Waals surface area contributed by atoms with Crippen molar-refractivity contribution in [3.05, 3.63) is 59.3 Å². The molecule has 1 aromatic carbocycles. The summed E-state index contributed by atoms with van der Waals surface area (Å²) in [5.74, 6) is -2.93. The summed E-state index contributed by atoms with van der Waals surface area (Å²) in [6, 6.07) is 12.1. The number of fused-ring (bicyclic) bond motifs is 1. The van der Waals surface area contributed by atoms with E-state index < -0.39 is 11.9 Å². The molecule has 0 radical (unpaired) electrons. The number of likely N-dealkylation sites (tertiary alicyclic amines) is 1. The first-order valence-corrected chi connectivity index (χ1v) is 10.8. The number of piperidine rings is 1. The largest absolute Gasteiger partial charge is 0.481 e. The molecule has 0 bridgehead atoms. The lowest BCUT2D eigenvalue weighted by molar-refractivity contribution is -0.159. The van der Waals surface area contributed by atoms with E-state index in [1.807, 2.05) is 6.07 Å². The number of nitrogens with zero attached hydrogens (tertiary/aromatic N) is 2. The van der Waals surface area contributed by atoms with Crippen molar-refractivity contribution in [2.45, 2.75) is 37.8 Å². The summed E-state index contributed by atoms with van der Waals surface area (Å²) < 4.78 is 5.06. The monoisotopic (exact) mass is 456 g/mol. The highest BCUT2D eigenvalue weighted by molar-refractivity contribution is 6.27. The molecule has 2 heterocycles. The molecule has 2 aliphatic rings. The normalized spacial score (nSPS) is 20.7. The predicted octanol–water partition coefficient (Wildman–Crippen LogP) is 1.67. The van der Waals surface area contributed by atoms with Gasteiger partial charge in [-0.15, -0.1) is 0 Å². The zero-order valence-corrected chi connectivity index (χ0v) is 18.4. The van der Waals surface area contributed by atoms with E-state index in [4.69, 9.17) is 24.5 Å². The molecule has 9 nitrogen and oxygen atoms in total. The smallest absolute Gasteiger partial charge is 0.414 e. The van der Waals surface area contributed by atoms with Crippen LogP contribution in [-0.4, -0.2) is 75.3 Å². The van der Waals surface area contributed by atoms with Crippen molar-refractivity contribution in [2.24, 2.45) is 5.92 Å². The minimum absolute atomic E-state index is 0.0319. The summed E-state index contributed by atoms with van der Waals surface area (Å²) in [5.41, 5.74) is 3.26. The molecule has 176 valence electrons. The van der Waals surface area contributed by atoms with Gasteiger partial charge in [-0.2, -0.15) is 0 Å². The Hall–Kier alpha value is -3.30. The van der Waals surface area contributed by atoms with Gasteiger partial charge in [0, 0.05) is 36.2 Å². The number of hydrogen-bond acceptors (Lipinski definition) is 7. The lowest BCUT2D eigenvalue weighted by Crippen LogP contribution is -2.51. The van der Waals surface area contributed by atoms with Gasteiger partial charge in [-0.05, 0) is 49.5 Å². The molecule has 1 saturated heterocycles. The number of rotatable bonds is 4. The quantitative estimate of drug-likeness (QED) is 0.463. The summed E-state index contributed by atoms with van der Waals surface area (Å²) in [5, 5.41) is 25.4. The first kappa shape index (κ1) is 24.3. The second-order valence-electron chi connectivity index (χ2n) is 8.19. The number of aliphatic hydroxyl groups is 1. The van der Waals surface area contributed by atoms with Gasteiger partial charge in [0.15, 0.2) is 5.78 Å². The van der Waals surface area contributed by atoms with Crippen LogP contribution in [0.5, 0.6) is 5.88 Å². The first-order chi connectivity index (χ1) is 15.8. The number of hydrogen-bond donors (Lipinski definition) is 3. The van der Waals surface area contributed by atoms with Gasteiger partial charge >= 0.3 is 11.9 Å². The second-order valence-corrected chi connectivity index (χ2v) is 8.19. The van der Waals surface area contributed by atoms with E-state index >= 15 is 0 Å². The fourth-order valence-corrected chi connectivity index (χ4v) is 4.43. The van der Waals surface area contributed by atoms with Crippen LogP contribution in [0.4, 0.5) is 0 Å². The molecule has 0 saturated carbocycles. The Labute approximate surface area is 191 Å². The van der Waals surface area contributed by atoms with Crippen molar-refractivity contribution in [3.63, 3.8) is 0 Å². The molecule has 1 aromatic heterocycles. The van der Waals surface area contributed by atoms with E-state index in [-0.39, 0.29) is 23.8 Å². The molecule has 0 spiro atoms. The molecular formula is C24H28N2O7. The molecule has 9 heteroatoms. The van der Waals surface area contributed by atoms with E-state index in [0.717, 1.165) is 38.8 Å². The highest BCUT2D eigenvalue weighted by Crippen LogP contribution is 2.29. The highest BCUT2D eigenvalue weighted by Gasteiger charge is 2.35. The highest BCUT2D eigenvalue weighted by atomic mass is 16.5. The Kier molecular flexibility index (Phi) is 8.13. The number of carboxylic acid groups (broad SMARTS) is 2. The molecule has 33 heavy (non-hydrogen) atoms. The molecule has 1 aliphatic heterocycles. The Morgan fingerprint density at radius 2 is 1.58 bits per heavy atom. The summed E-state index contributed by atoms with van der Waals surface area (Å²) in [7, 11) is 1.57. The number of carbonyl (C=O) groups excluding carboxylic acids is 1. The van der Waals surface area contributed by atoms with Gasteiger partial charge < -0.3 is 20.1 Å². The first-order valence-electron chi connectivity index (χ1n) is 10.8. The second kappa shape index (κ2) is 11.0. The number of carbonyl (C=O) groups is 3. The molecule has 4 rings (SSSR count). The summed E-state index contributed by atoms with van der Waals surface area (Å²) in [4.78, 5) is 37.5. The van der Waals surface area contributed by atoms with Crippen molar-refractivity contribution >= 4 is 17.7 Å². The number of Topliss-reactive ketones (excluding diaryl/α,β-unsaturated/α-hetero) is 1. The van der Waals surface area contributed by atoms with Crippen molar-refractivity contribution in [1.82, 2.24) is 9.88 Å². The molecule has 2 atom stereocenters. The number of aromatic nitrogens is 1. The van der Waals surface area contributed by atoms with Crippen molar-refractivity contribution in [1.29, 1.82) is 0 Å². The molecule has 1 aliphatic carbocycles. The van der Waals surface area contributed by atoms with Crippen LogP contribution < -0.4 is 4.74 Å². The number of aliphatic hydroxyl groups excluding tert-OH is 1. The van der Waals surface area contributed by atoms with Gasteiger partial charge in [0.25, 0.3) is 0 Å². The third kappa shape index (κ3) is 6.15. The number of benzene rings is 1. The third-order valence-electron chi connectivity index (χ3n) is 6.20. The fourth-order valence-electron chi connectivity index (χ4n) is 4.43. The molecule has 3 N–H and O–H groups in total. The van der Waals surface area contributed by atoms with Crippen LogP contribution in [0.3, 0.4) is 0 Å².